The Morgan fingerprint density at radius 2 is 2.32 bits per heavy atom. The third-order valence-electron chi connectivity index (χ3n) is 2.77. The van der Waals surface area contributed by atoms with E-state index in [1.54, 1.807) is 23.6 Å². The number of esters is 1. The van der Waals surface area contributed by atoms with E-state index in [0.29, 0.717) is 24.5 Å². The van der Waals surface area contributed by atoms with Crippen LogP contribution in [0.25, 0.3) is 11.0 Å². The summed E-state index contributed by atoms with van der Waals surface area (Å²) in [6, 6.07) is 4.72. The number of carbonyl (C=O) groups excluding carboxylic acids is 1. The molecule has 1 aromatic carbocycles. The number of para-hydroxylation sites is 1. The summed E-state index contributed by atoms with van der Waals surface area (Å²) in [7, 11) is 0. The molecular weight excluding hydrogens is 271 g/mol. The van der Waals surface area contributed by atoms with Crippen LogP contribution in [0.5, 0.6) is 0 Å². The standard InChI is InChI=1S/C13H14ClFN2O2/c1-2-19-12(18)6-7-17-10-5-3-4-9(15)13(10)16-11(17)8-14/h3-5H,2,6-8H2,1H3. The van der Waals surface area contributed by atoms with Gasteiger partial charge in [-0.3, -0.25) is 4.79 Å². The van der Waals surface area contributed by atoms with Crippen molar-refractivity contribution in [2.45, 2.75) is 25.8 Å². The molecule has 0 unspecified atom stereocenters. The molecule has 0 saturated carbocycles. The van der Waals surface area contributed by atoms with E-state index in [0.717, 1.165) is 0 Å². The highest BCUT2D eigenvalue weighted by Crippen LogP contribution is 2.20. The number of hydrogen-bond acceptors (Lipinski definition) is 3. The van der Waals surface area contributed by atoms with Crippen molar-refractivity contribution in [2.75, 3.05) is 6.61 Å². The Kier molecular flexibility index (Phi) is 4.37. The average molecular weight is 285 g/mol. The van der Waals surface area contributed by atoms with Crippen molar-refractivity contribution in [3.63, 3.8) is 0 Å². The fraction of sp³-hybridized carbons (Fsp3) is 0.385. The molecule has 0 N–H and O–H groups in total. The maximum absolute atomic E-state index is 13.6. The smallest absolute Gasteiger partial charge is 0.307 e. The van der Waals surface area contributed by atoms with Crippen molar-refractivity contribution in [1.82, 2.24) is 9.55 Å². The van der Waals surface area contributed by atoms with Gasteiger partial charge in [-0.1, -0.05) is 6.07 Å². The van der Waals surface area contributed by atoms with E-state index in [4.69, 9.17) is 16.3 Å². The largest absolute Gasteiger partial charge is 0.466 e. The first-order chi connectivity index (χ1) is 9.17. The first-order valence-electron chi connectivity index (χ1n) is 6.02. The molecule has 19 heavy (non-hydrogen) atoms. The number of aromatic nitrogens is 2. The Hall–Kier alpha value is -1.62. The van der Waals surface area contributed by atoms with Crippen LogP contribution in [0.2, 0.25) is 0 Å². The molecule has 102 valence electrons. The summed E-state index contributed by atoms with van der Waals surface area (Å²) < 4.78 is 20.2. The van der Waals surface area contributed by atoms with Crippen molar-refractivity contribution in [1.29, 1.82) is 0 Å². The van der Waals surface area contributed by atoms with Gasteiger partial charge in [0.1, 0.15) is 11.3 Å². The molecule has 0 aliphatic rings. The van der Waals surface area contributed by atoms with Gasteiger partial charge in [-0.25, -0.2) is 9.37 Å². The summed E-state index contributed by atoms with van der Waals surface area (Å²) in [6.45, 7) is 2.48. The third-order valence-corrected chi connectivity index (χ3v) is 3.01. The van der Waals surface area contributed by atoms with E-state index in [9.17, 15) is 9.18 Å². The second-order valence-electron chi connectivity index (χ2n) is 3.98. The lowest BCUT2D eigenvalue weighted by Gasteiger charge is -2.07. The molecule has 1 aromatic heterocycles. The van der Waals surface area contributed by atoms with Crippen molar-refractivity contribution in [3.05, 3.63) is 29.8 Å². The molecule has 6 heteroatoms. The summed E-state index contributed by atoms with van der Waals surface area (Å²) in [5.74, 6) is 0.0304. The number of nitrogens with zero attached hydrogens (tertiary/aromatic N) is 2. The zero-order valence-corrected chi connectivity index (χ0v) is 11.3. The highest BCUT2D eigenvalue weighted by Gasteiger charge is 2.14. The van der Waals surface area contributed by atoms with Gasteiger partial charge in [-0.05, 0) is 19.1 Å². The third kappa shape index (κ3) is 2.87. The zero-order valence-electron chi connectivity index (χ0n) is 10.5. The number of rotatable bonds is 5. The predicted octanol–water partition coefficient (Wildman–Crippen LogP) is 2.87. The van der Waals surface area contributed by atoms with Crippen LogP contribution >= 0.6 is 11.6 Å². The lowest BCUT2D eigenvalue weighted by Crippen LogP contribution is -2.10. The minimum Gasteiger partial charge on any atom is -0.466 e. The number of aryl methyl sites for hydroxylation is 1. The van der Waals surface area contributed by atoms with Crippen molar-refractivity contribution < 1.29 is 13.9 Å². The minimum atomic E-state index is -0.390. The summed E-state index contributed by atoms with van der Waals surface area (Å²) in [6.07, 6.45) is 0.208. The van der Waals surface area contributed by atoms with Crippen LogP contribution in [-0.4, -0.2) is 22.1 Å². The second kappa shape index (κ2) is 6.02. The van der Waals surface area contributed by atoms with Crippen LogP contribution in [0.1, 0.15) is 19.2 Å². The molecule has 0 aliphatic heterocycles. The Bertz CT molecular complexity index is 598. The molecule has 2 aromatic rings. The topological polar surface area (TPSA) is 44.1 Å². The molecule has 0 amide bonds. The highest BCUT2D eigenvalue weighted by atomic mass is 35.5. The molecular formula is C13H14ClFN2O2. The number of halogens is 2. The molecule has 0 saturated heterocycles. The van der Waals surface area contributed by atoms with Gasteiger partial charge in [0.25, 0.3) is 0 Å². The maximum Gasteiger partial charge on any atom is 0.307 e. The first-order valence-corrected chi connectivity index (χ1v) is 6.56. The minimum absolute atomic E-state index is 0.164. The van der Waals surface area contributed by atoms with Crippen LogP contribution in [0.3, 0.4) is 0 Å². The molecule has 0 spiro atoms. The number of hydrogen-bond donors (Lipinski definition) is 0. The highest BCUT2D eigenvalue weighted by molar-refractivity contribution is 6.16. The molecule has 0 fully saturated rings. The number of benzene rings is 1. The maximum atomic E-state index is 13.6. The number of fused-ring (bicyclic) bond motifs is 1. The van der Waals surface area contributed by atoms with Crippen LogP contribution in [0, 0.1) is 5.82 Å². The van der Waals surface area contributed by atoms with Gasteiger partial charge in [0.05, 0.1) is 24.4 Å². The molecule has 0 bridgehead atoms. The lowest BCUT2D eigenvalue weighted by molar-refractivity contribution is -0.143. The van der Waals surface area contributed by atoms with Gasteiger partial charge >= 0.3 is 5.97 Å². The van der Waals surface area contributed by atoms with Crippen molar-refractivity contribution in [3.8, 4) is 0 Å². The molecule has 0 radical (unpaired) electrons. The van der Waals surface area contributed by atoms with Crippen LogP contribution in [0.4, 0.5) is 4.39 Å². The predicted molar refractivity (Wildman–Crippen MR) is 70.5 cm³/mol. The molecule has 1 heterocycles. The monoisotopic (exact) mass is 284 g/mol. The number of imidazole rings is 1. The first kappa shape index (κ1) is 13.8. The van der Waals surface area contributed by atoms with E-state index in [2.05, 4.69) is 4.98 Å². The van der Waals surface area contributed by atoms with Crippen molar-refractivity contribution in [2.24, 2.45) is 0 Å². The van der Waals surface area contributed by atoms with E-state index in [1.807, 2.05) is 0 Å². The summed E-state index contributed by atoms with van der Waals surface area (Å²) >= 11 is 5.81. The summed E-state index contributed by atoms with van der Waals surface area (Å²) in [4.78, 5) is 15.5. The lowest BCUT2D eigenvalue weighted by atomic mass is 10.3. The fourth-order valence-corrected chi connectivity index (χ4v) is 2.15. The van der Waals surface area contributed by atoms with Crippen LogP contribution < -0.4 is 0 Å². The van der Waals surface area contributed by atoms with E-state index in [-0.39, 0.29) is 23.8 Å². The van der Waals surface area contributed by atoms with E-state index < -0.39 is 5.82 Å². The second-order valence-corrected chi connectivity index (χ2v) is 4.24. The van der Waals surface area contributed by atoms with Gasteiger partial charge in [-0.2, -0.15) is 0 Å². The van der Waals surface area contributed by atoms with Crippen molar-refractivity contribution >= 4 is 28.6 Å². The van der Waals surface area contributed by atoms with Gasteiger partial charge in [-0.15, -0.1) is 11.6 Å². The average Bonchev–Trinajstić information content (AvgIpc) is 2.76. The Labute approximate surface area is 115 Å². The van der Waals surface area contributed by atoms with Gasteiger partial charge < -0.3 is 9.30 Å². The number of carbonyl (C=O) groups is 1. The molecule has 0 aliphatic carbocycles. The van der Waals surface area contributed by atoms with Crippen LogP contribution in [0.15, 0.2) is 18.2 Å². The SMILES string of the molecule is CCOC(=O)CCn1c(CCl)nc2c(F)cccc21. The van der Waals surface area contributed by atoms with Gasteiger partial charge in [0.15, 0.2) is 5.82 Å². The number of alkyl halides is 1. The number of ether oxygens (including phenoxy) is 1. The zero-order chi connectivity index (χ0) is 13.8. The molecule has 2 rings (SSSR count). The van der Waals surface area contributed by atoms with Gasteiger partial charge in [0.2, 0.25) is 0 Å². The Morgan fingerprint density at radius 1 is 1.53 bits per heavy atom. The quantitative estimate of drug-likeness (QED) is 0.626. The Morgan fingerprint density at radius 3 is 3.00 bits per heavy atom. The van der Waals surface area contributed by atoms with E-state index >= 15 is 0 Å². The fourth-order valence-electron chi connectivity index (χ4n) is 1.95. The molecule has 4 nitrogen and oxygen atoms in total. The summed E-state index contributed by atoms with van der Waals surface area (Å²) in [5, 5.41) is 0. The summed E-state index contributed by atoms with van der Waals surface area (Å²) in [5.41, 5.74) is 0.918. The van der Waals surface area contributed by atoms with E-state index in [1.165, 1.54) is 6.07 Å². The van der Waals surface area contributed by atoms with Gasteiger partial charge in [0, 0.05) is 6.54 Å². The normalized spacial score (nSPS) is 10.9. The Balaban J connectivity index is 2.30. The molecule has 0 atom stereocenters. The van der Waals surface area contributed by atoms with Crippen LogP contribution in [-0.2, 0) is 22.0 Å².